The molecule has 0 atom stereocenters. The van der Waals surface area contributed by atoms with E-state index in [0.717, 1.165) is 0 Å². The first-order valence-corrected chi connectivity index (χ1v) is 5.09. The van der Waals surface area contributed by atoms with Crippen molar-refractivity contribution in [3.63, 3.8) is 0 Å². The van der Waals surface area contributed by atoms with E-state index in [-0.39, 0.29) is 59.6 Å². The molecule has 0 aliphatic carbocycles. The average Bonchev–Trinajstić information content (AvgIpc) is 1.12. The number of hydrogen-bond donors (Lipinski definition) is 0. The molecule has 0 amide bonds. The summed E-state index contributed by atoms with van der Waals surface area (Å²) >= 11 is -11.2. The summed E-state index contributed by atoms with van der Waals surface area (Å²) in [6.45, 7) is 0. The predicted molar refractivity (Wildman–Crippen MR) is 24.3 cm³/mol. The van der Waals surface area contributed by atoms with Gasteiger partial charge in [0.25, 0.3) is 0 Å². The first kappa shape index (κ1) is 44.6. The molecule has 0 saturated carbocycles. The normalized spacial score (nSPS) is 7.60. The van der Waals surface area contributed by atoms with E-state index in [1.807, 2.05) is 0 Å². The molecule has 0 rings (SSSR count). The summed E-state index contributed by atoms with van der Waals surface area (Å²) in [5.41, 5.74) is 0. The zero-order valence-electron chi connectivity index (χ0n) is 6.73. The van der Waals surface area contributed by atoms with Crippen molar-refractivity contribution in [1.82, 2.24) is 0 Å². The molecule has 0 unspecified atom stereocenters. The summed E-state index contributed by atoms with van der Waals surface area (Å²) in [5, 5.41) is 0. The summed E-state index contributed by atoms with van der Waals surface area (Å²) in [6.07, 6.45) is 0. The van der Waals surface area contributed by atoms with Gasteiger partial charge in [-0.15, -0.1) is 0 Å². The molecule has 0 aromatic carbocycles. The van der Waals surface area contributed by atoms with Gasteiger partial charge in [-0.3, -0.25) is 0 Å². The Morgan fingerprint density at radius 1 is 0.533 bits per heavy atom. The van der Waals surface area contributed by atoms with Crippen LogP contribution < -0.4 is 8.38 Å². The fourth-order valence-electron chi connectivity index (χ4n) is 0. The van der Waals surface area contributed by atoms with Crippen LogP contribution in [0.5, 0.6) is 0 Å². The van der Waals surface area contributed by atoms with Gasteiger partial charge in [0.1, 0.15) is 0 Å². The van der Waals surface area contributed by atoms with Crippen LogP contribution in [0.4, 0.5) is 0 Å². The summed E-state index contributed by atoms with van der Waals surface area (Å²) < 4.78 is 68.6. The Morgan fingerprint density at radius 3 is 0.533 bits per heavy atom. The van der Waals surface area contributed by atoms with Gasteiger partial charge in [-0.05, 0) is 0 Å². The van der Waals surface area contributed by atoms with E-state index < -0.39 is 25.9 Å². The number of hydrogen-bond acceptors (Lipinski definition) is 8. The van der Waals surface area contributed by atoms with Gasteiger partial charge in [-0.25, -0.2) is 0 Å². The van der Waals surface area contributed by atoms with Crippen LogP contribution in [0.1, 0.15) is 0 Å². The van der Waals surface area contributed by atoms with Crippen molar-refractivity contribution in [2.75, 3.05) is 0 Å². The molecule has 0 bridgehead atoms. The molecule has 8 N–H and O–H groups in total. The van der Waals surface area contributed by atoms with E-state index in [4.69, 9.17) is 31.4 Å². The SMILES string of the molecule is O.O.O.O.[Ca+2].[O]=[Mn](=[O])(=[O])[O-].[O]=[Mn](=[O])(=[O])[O-]. The van der Waals surface area contributed by atoms with E-state index >= 15 is 0 Å². The standard InChI is InChI=1S/Ca.2Mn.4H2O.8O/h;;;4*1H2;;;;;;;;/q+2;;;;;;;;;;;;;2*-1. The van der Waals surface area contributed by atoms with Crippen molar-refractivity contribution in [2.24, 2.45) is 0 Å². The Bertz CT molecular complexity index is 298. The fourth-order valence-corrected chi connectivity index (χ4v) is 0. The topological polar surface area (TPSA) is 275 Å². The van der Waals surface area contributed by atoms with Crippen LogP contribution in [0.3, 0.4) is 0 Å². The molecule has 12 nitrogen and oxygen atoms in total. The van der Waals surface area contributed by atoms with E-state index in [1.54, 1.807) is 0 Å². The molecule has 15 heteroatoms. The molecule has 0 aliphatic rings. The van der Waals surface area contributed by atoms with Crippen LogP contribution in [0.15, 0.2) is 0 Å². The van der Waals surface area contributed by atoms with Crippen LogP contribution in [0.2, 0.25) is 0 Å². The molecule has 0 spiro atoms. The van der Waals surface area contributed by atoms with Crippen molar-refractivity contribution in [3.05, 3.63) is 0 Å². The van der Waals surface area contributed by atoms with Gasteiger partial charge >= 0.3 is 95.1 Å². The summed E-state index contributed by atoms with van der Waals surface area (Å²) in [6, 6.07) is 0. The van der Waals surface area contributed by atoms with E-state index in [0.29, 0.717) is 0 Å². The maximum absolute atomic E-state index is 8.58. The molecule has 0 aromatic rings. The minimum atomic E-state index is -5.62. The zero-order chi connectivity index (χ0) is 9.00. The van der Waals surface area contributed by atoms with Crippen LogP contribution in [0, 0.1) is 0 Å². The van der Waals surface area contributed by atoms with Crippen molar-refractivity contribution in [1.29, 1.82) is 0 Å². The third kappa shape index (κ3) is 3330. The molecule has 0 heterocycles. The molecule has 96 valence electrons. The Hall–Kier alpha value is 0.859. The summed E-state index contributed by atoms with van der Waals surface area (Å²) in [5.74, 6) is 0. The van der Waals surface area contributed by atoms with Crippen molar-refractivity contribution in [2.45, 2.75) is 0 Å². The van der Waals surface area contributed by atoms with Gasteiger partial charge < -0.3 is 21.9 Å². The number of rotatable bonds is 0. The van der Waals surface area contributed by atoms with Gasteiger partial charge in [-0.1, -0.05) is 0 Å². The van der Waals surface area contributed by atoms with E-state index in [1.165, 1.54) is 0 Å². The molecular formula is H8CaMn2O12. The third-order valence-corrected chi connectivity index (χ3v) is 0. The van der Waals surface area contributed by atoms with Crippen molar-refractivity contribution in [3.8, 4) is 0 Å². The van der Waals surface area contributed by atoms with Gasteiger partial charge in [0, 0.05) is 0 Å². The summed E-state index contributed by atoms with van der Waals surface area (Å²) in [7, 11) is 0. The van der Waals surface area contributed by atoms with Gasteiger partial charge in [-0.2, -0.15) is 0 Å². The minimum absolute atomic E-state index is 0. The third-order valence-electron chi connectivity index (χ3n) is 0. The molecule has 15 heavy (non-hydrogen) atoms. The fraction of sp³-hybridized carbons (Fsp3) is 0. The molecule has 0 radical (unpaired) electrons. The van der Waals surface area contributed by atoms with Crippen LogP contribution in [0.25, 0.3) is 0 Å². The predicted octanol–water partition coefficient (Wildman–Crippen LogP) is -6.78. The molecule has 0 fully saturated rings. The van der Waals surface area contributed by atoms with E-state index in [2.05, 4.69) is 0 Å². The van der Waals surface area contributed by atoms with Crippen molar-refractivity contribution < 1.29 is 79.2 Å². The van der Waals surface area contributed by atoms with Gasteiger partial charge in [0.2, 0.25) is 0 Å². The van der Waals surface area contributed by atoms with Gasteiger partial charge in [0.15, 0.2) is 0 Å². The molecule has 0 aliphatic heterocycles. The Labute approximate surface area is 116 Å². The maximum atomic E-state index is 8.58. The Balaban J connectivity index is -0.0000000128. The second kappa shape index (κ2) is 17.3. The Kier molecular flexibility index (Phi) is 51.3. The first-order chi connectivity index (χ1) is 4.00. The second-order valence-corrected chi connectivity index (χ2v) is 3.12. The Morgan fingerprint density at radius 2 is 0.533 bits per heavy atom. The van der Waals surface area contributed by atoms with E-state index in [9.17, 15) is 0 Å². The average molecular weight is 350 g/mol. The monoisotopic (exact) mass is 350 g/mol. The summed E-state index contributed by atoms with van der Waals surface area (Å²) in [4.78, 5) is 0. The van der Waals surface area contributed by atoms with Crippen LogP contribution in [-0.4, -0.2) is 59.6 Å². The molecular weight excluding hydrogens is 342 g/mol. The second-order valence-electron chi connectivity index (χ2n) is 0.756. The molecule has 0 aromatic heterocycles. The van der Waals surface area contributed by atoms with Crippen molar-refractivity contribution >= 4 is 37.7 Å². The quantitative estimate of drug-likeness (QED) is 0.377. The molecule has 0 saturated heterocycles. The van der Waals surface area contributed by atoms with Gasteiger partial charge in [0.05, 0.1) is 0 Å². The zero-order valence-corrected chi connectivity index (χ0v) is 11.3. The van der Waals surface area contributed by atoms with Crippen LogP contribution in [-0.2, 0) is 48.9 Å². The first-order valence-electron chi connectivity index (χ1n) is 1.23. The van der Waals surface area contributed by atoms with Crippen LogP contribution >= 0.6 is 0 Å².